The van der Waals surface area contributed by atoms with Crippen LogP contribution in [0.4, 0.5) is 0 Å². The Kier molecular flexibility index (Phi) is 3.84. The van der Waals surface area contributed by atoms with Gasteiger partial charge in [-0.25, -0.2) is 0 Å². The number of aryl methyl sites for hydroxylation is 1. The van der Waals surface area contributed by atoms with Crippen molar-refractivity contribution < 1.29 is 14.7 Å². The minimum atomic E-state index is -0.949. The number of amides is 1. The van der Waals surface area contributed by atoms with Crippen LogP contribution < -0.4 is 5.32 Å². The Morgan fingerprint density at radius 1 is 1.67 bits per heavy atom. The SMILES string of the molecule is Cn1cc(Br)c(C(=O)NCCC(=O)O)n1. The molecule has 0 bridgehead atoms. The number of carbonyl (C=O) groups is 2. The van der Waals surface area contributed by atoms with Crippen LogP contribution in [0.5, 0.6) is 0 Å². The van der Waals surface area contributed by atoms with Gasteiger partial charge in [-0.3, -0.25) is 14.3 Å². The lowest BCUT2D eigenvalue weighted by Gasteiger charge is -2.00. The second kappa shape index (κ2) is 4.92. The minimum Gasteiger partial charge on any atom is -0.481 e. The van der Waals surface area contributed by atoms with E-state index in [-0.39, 0.29) is 24.6 Å². The van der Waals surface area contributed by atoms with E-state index in [0.29, 0.717) is 4.47 Å². The maximum atomic E-state index is 11.5. The number of nitrogens with zero attached hydrogens (tertiary/aromatic N) is 2. The summed E-state index contributed by atoms with van der Waals surface area (Å²) in [5.41, 5.74) is 0.253. The molecule has 0 aliphatic heterocycles. The molecule has 1 amide bonds. The third-order valence-electron chi connectivity index (χ3n) is 1.62. The van der Waals surface area contributed by atoms with Gasteiger partial charge >= 0.3 is 5.97 Å². The average Bonchev–Trinajstić information content (AvgIpc) is 2.44. The fourth-order valence-electron chi connectivity index (χ4n) is 0.980. The number of nitrogens with one attached hydrogen (secondary N) is 1. The molecule has 0 fully saturated rings. The molecule has 0 unspecified atom stereocenters. The Hall–Kier alpha value is -1.37. The number of carboxylic acid groups (broad SMARTS) is 1. The number of halogens is 1. The average molecular weight is 276 g/mol. The Morgan fingerprint density at radius 2 is 2.33 bits per heavy atom. The number of carbonyl (C=O) groups excluding carboxylic acids is 1. The molecule has 0 saturated carbocycles. The van der Waals surface area contributed by atoms with E-state index in [1.807, 2.05) is 0 Å². The van der Waals surface area contributed by atoms with Crippen LogP contribution in [0.2, 0.25) is 0 Å². The molecule has 0 saturated heterocycles. The Balaban J connectivity index is 2.54. The first-order valence-corrected chi connectivity index (χ1v) is 4.99. The molecule has 0 atom stereocenters. The summed E-state index contributed by atoms with van der Waals surface area (Å²) in [6.07, 6.45) is 1.54. The molecule has 2 N–H and O–H groups in total. The van der Waals surface area contributed by atoms with E-state index in [2.05, 4.69) is 26.3 Å². The van der Waals surface area contributed by atoms with Crippen LogP contribution in [-0.2, 0) is 11.8 Å². The second-order valence-corrected chi connectivity index (χ2v) is 3.75. The van der Waals surface area contributed by atoms with Gasteiger partial charge in [0.05, 0.1) is 10.9 Å². The monoisotopic (exact) mass is 275 g/mol. The highest BCUT2D eigenvalue weighted by molar-refractivity contribution is 9.10. The van der Waals surface area contributed by atoms with Crippen LogP contribution in [0.3, 0.4) is 0 Å². The van der Waals surface area contributed by atoms with Gasteiger partial charge in [0.2, 0.25) is 0 Å². The second-order valence-electron chi connectivity index (χ2n) is 2.90. The van der Waals surface area contributed by atoms with E-state index in [9.17, 15) is 9.59 Å². The van der Waals surface area contributed by atoms with Gasteiger partial charge in [0.25, 0.3) is 5.91 Å². The number of hydrogen-bond acceptors (Lipinski definition) is 3. The zero-order chi connectivity index (χ0) is 11.4. The van der Waals surface area contributed by atoms with Crippen molar-refractivity contribution >= 4 is 27.8 Å². The van der Waals surface area contributed by atoms with Crippen molar-refractivity contribution in [1.82, 2.24) is 15.1 Å². The molecule has 0 aromatic carbocycles. The first kappa shape index (κ1) is 11.7. The van der Waals surface area contributed by atoms with Crippen LogP contribution in [0.25, 0.3) is 0 Å². The van der Waals surface area contributed by atoms with Crippen molar-refractivity contribution in [1.29, 1.82) is 0 Å². The molecular formula is C8H10BrN3O3. The van der Waals surface area contributed by atoms with E-state index in [1.165, 1.54) is 4.68 Å². The third kappa shape index (κ3) is 3.35. The summed E-state index contributed by atoms with van der Waals surface area (Å²) in [7, 11) is 1.69. The summed E-state index contributed by atoms with van der Waals surface area (Å²) in [5.74, 6) is -1.33. The fourth-order valence-corrected chi connectivity index (χ4v) is 1.54. The fraction of sp³-hybridized carbons (Fsp3) is 0.375. The van der Waals surface area contributed by atoms with Crippen LogP contribution in [0, 0.1) is 0 Å². The highest BCUT2D eigenvalue weighted by Gasteiger charge is 2.13. The number of aromatic nitrogens is 2. The normalized spacial score (nSPS) is 10.0. The van der Waals surface area contributed by atoms with Crippen molar-refractivity contribution in [3.63, 3.8) is 0 Å². The van der Waals surface area contributed by atoms with Crippen molar-refractivity contribution in [2.45, 2.75) is 6.42 Å². The molecule has 1 aromatic rings. The molecule has 0 aliphatic carbocycles. The molecule has 1 heterocycles. The molecule has 6 nitrogen and oxygen atoms in total. The molecule has 7 heteroatoms. The zero-order valence-electron chi connectivity index (χ0n) is 8.03. The summed E-state index contributed by atoms with van der Waals surface area (Å²) >= 11 is 3.18. The Morgan fingerprint density at radius 3 is 2.80 bits per heavy atom. The van der Waals surface area contributed by atoms with Crippen molar-refractivity contribution in [2.24, 2.45) is 7.05 Å². The van der Waals surface area contributed by atoms with Crippen molar-refractivity contribution in [2.75, 3.05) is 6.54 Å². The lowest BCUT2D eigenvalue weighted by atomic mass is 10.4. The van der Waals surface area contributed by atoms with Crippen LogP contribution in [0.1, 0.15) is 16.9 Å². The Bertz CT molecular complexity index is 388. The van der Waals surface area contributed by atoms with Gasteiger partial charge in [0, 0.05) is 19.8 Å². The van der Waals surface area contributed by atoms with Gasteiger partial charge in [-0.2, -0.15) is 5.10 Å². The lowest BCUT2D eigenvalue weighted by Crippen LogP contribution is -2.26. The summed E-state index contributed by atoms with van der Waals surface area (Å²) in [6, 6.07) is 0. The summed E-state index contributed by atoms with van der Waals surface area (Å²) in [5, 5.41) is 14.8. The van der Waals surface area contributed by atoms with E-state index in [0.717, 1.165) is 0 Å². The van der Waals surface area contributed by atoms with Gasteiger partial charge in [0.15, 0.2) is 5.69 Å². The van der Waals surface area contributed by atoms with E-state index < -0.39 is 5.97 Å². The number of rotatable bonds is 4. The van der Waals surface area contributed by atoms with E-state index in [1.54, 1.807) is 13.2 Å². The maximum Gasteiger partial charge on any atom is 0.305 e. The molecule has 15 heavy (non-hydrogen) atoms. The Labute approximate surface area is 94.4 Å². The molecule has 1 rings (SSSR count). The van der Waals surface area contributed by atoms with Crippen molar-refractivity contribution in [3.05, 3.63) is 16.4 Å². The molecule has 82 valence electrons. The number of hydrogen-bond donors (Lipinski definition) is 2. The molecule has 0 aliphatic rings. The number of aliphatic carboxylic acids is 1. The molecule has 0 radical (unpaired) electrons. The van der Waals surface area contributed by atoms with Crippen LogP contribution in [-0.4, -0.2) is 33.3 Å². The van der Waals surface area contributed by atoms with E-state index in [4.69, 9.17) is 5.11 Å². The minimum absolute atomic E-state index is 0.0944. The quantitative estimate of drug-likeness (QED) is 0.833. The van der Waals surface area contributed by atoms with Gasteiger partial charge in [-0.1, -0.05) is 0 Å². The zero-order valence-corrected chi connectivity index (χ0v) is 9.61. The highest BCUT2D eigenvalue weighted by atomic mass is 79.9. The molecule has 0 spiro atoms. The molecule has 1 aromatic heterocycles. The third-order valence-corrected chi connectivity index (χ3v) is 2.20. The lowest BCUT2D eigenvalue weighted by molar-refractivity contribution is -0.136. The summed E-state index contributed by atoms with van der Waals surface area (Å²) in [6.45, 7) is 0.0944. The highest BCUT2D eigenvalue weighted by Crippen LogP contribution is 2.13. The van der Waals surface area contributed by atoms with Crippen LogP contribution in [0.15, 0.2) is 10.7 Å². The van der Waals surface area contributed by atoms with Gasteiger partial charge < -0.3 is 10.4 Å². The number of carboxylic acids is 1. The summed E-state index contributed by atoms with van der Waals surface area (Å²) < 4.78 is 2.08. The topological polar surface area (TPSA) is 84.2 Å². The first-order valence-electron chi connectivity index (χ1n) is 4.20. The smallest absolute Gasteiger partial charge is 0.305 e. The predicted molar refractivity (Wildman–Crippen MR) is 55.5 cm³/mol. The van der Waals surface area contributed by atoms with Gasteiger partial charge in [0.1, 0.15) is 0 Å². The predicted octanol–water partition coefficient (Wildman–Crippen LogP) is 0.387. The maximum absolute atomic E-state index is 11.5. The van der Waals surface area contributed by atoms with Gasteiger partial charge in [-0.15, -0.1) is 0 Å². The largest absolute Gasteiger partial charge is 0.481 e. The van der Waals surface area contributed by atoms with Crippen LogP contribution >= 0.6 is 15.9 Å². The standard InChI is InChI=1S/C8H10BrN3O3/c1-12-4-5(9)7(11-12)8(15)10-3-2-6(13)14/h4H,2-3H2,1H3,(H,10,15)(H,13,14). The summed E-state index contributed by atoms with van der Waals surface area (Å²) in [4.78, 5) is 21.7. The molecular weight excluding hydrogens is 266 g/mol. The van der Waals surface area contributed by atoms with Gasteiger partial charge in [-0.05, 0) is 15.9 Å². The van der Waals surface area contributed by atoms with Crippen molar-refractivity contribution in [3.8, 4) is 0 Å². The first-order chi connectivity index (χ1) is 7.00. The van der Waals surface area contributed by atoms with E-state index >= 15 is 0 Å².